The molecule has 0 spiro atoms. The number of hydrogen-bond acceptors (Lipinski definition) is 1. The number of hydrogen-bond donors (Lipinski definition) is 0. The molecule has 0 bridgehead atoms. The lowest BCUT2D eigenvalue weighted by molar-refractivity contribution is 0.571. The van der Waals surface area contributed by atoms with Crippen LogP contribution in [0.15, 0.2) is 0 Å². The number of unbranched alkanes of at least 4 members (excludes halogenated alkanes) is 4. The van der Waals surface area contributed by atoms with Gasteiger partial charge in [0.15, 0.2) is 0 Å². The van der Waals surface area contributed by atoms with E-state index >= 15 is 0 Å². The second-order valence-electron chi connectivity index (χ2n) is 4.55. The summed E-state index contributed by atoms with van der Waals surface area (Å²) in [7, 11) is 0. The summed E-state index contributed by atoms with van der Waals surface area (Å²) >= 11 is 2.25. The van der Waals surface area contributed by atoms with E-state index in [9.17, 15) is 0 Å². The van der Waals surface area contributed by atoms with Crippen LogP contribution in [-0.2, 0) is 0 Å². The molecular formula is C13H26S. The van der Waals surface area contributed by atoms with Gasteiger partial charge < -0.3 is 0 Å². The highest BCUT2D eigenvalue weighted by molar-refractivity contribution is 7.99. The lowest BCUT2D eigenvalue weighted by Crippen LogP contribution is -2.01. The summed E-state index contributed by atoms with van der Waals surface area (Å²) in [6, 6.07) is 0. The molecule has 1 saturated heterocycles. The van der Waals surface area contributed by atoms with Crippen LogP contribution in [0.1, 0.15) is 71.1 Å². The molecule has 1 atom stereocenters. The van der Waals surface area contributed by atoms with Gasteiger partial charge in [-0.1, -0.05) is 51.9 Å². The second kappa shape index (κ2) is 8.64. The molecule has 0 nitrogen and oxygen atoms in total. The fourth-order valence-electron chi connectivity index (χ4n) is 2.19. The summed E-state index contributed by atoms with van der Waals surface area (Å²) in [6.45, 7) is 2.29. The summed E-state index contributed by atoms with van der Waals surface area (Å²) in [4.78, 5) is 0. The summed E-state index contributed by atoms with van der Waals surface area (Å²) in [5.41, 5.74) is 0. The molecule has 0 amide bonds. The van der Waals surface area contributed by atoms with Crippen molar-refractivity contribution < 1.29 is 0 Å². The maximum Gasteiger partial charge on any atom is 0.00470 e. The Morgan fingerprint density at radius 3 is 2.71 bits per heavy atom. The van der Waals surface area contributed by atoms with Gasteiger partial charge in [-0.3, -0.25) is 0 Å². The van der Waals surface area contributed by atoms with Gasteiger partial charge in [-0.15, -0.1) is 0 Å². The Balaban J connectivity index is 1.93. The van der Waals surface area contributed by atoms with Gasteiger partial charge in [0.2, 0.25) is 0 Å². The van der Waals surface area contributed by atoms with Gasteiger partial charge in [0.25, 0.3) is 0 Å². The smallest absolute Gasteiger partial charge is 0.00470 e. The molecule has 0 radical (unpaired) electrons. The molecule has 0 aliphatic carbocycles. The zero-order chi connectivity index (χ0) is 10.1. The molecular weight excluding hydrogens is 188 g/mol. The Morgan fingerprint density at radius 2 is 1.86 bits per heavy atom. The van der Waals surface area contributed by atoms with Crippen molar-refractivity contribution in [3.05, 3.63) is 0 Å². The van der Waals surface area contributed by atoms with Crippen LogP contribution in [0.5, 0.6) is 0 Å². The van der Waals surface area contributed by atoms with Gasteiger partial charge in [-0.05, 0) is 25.0 Å². The van der Waals surface area contributed by atoms with E-state index in [1.165, 1.54) is 70.0 Å². The van der Waals surface area contributed by atoms with Crippen molar-refractivity contribution in [3.8, 4) is 0 Å². The maximum absolute atomic E-state index is 2.29. The highest BCUT2D eigenvalue weighted by Gasteiger charge is 2.11. The third-order valence-corrected chi connectivity index (χ3v) is 4.62. The van der Waals surface area contributed by atoms with Gasteiger partial charge in [-0.25, -0.2) is 0 Å². The highest BCUT2D eigenvalue weighted by Crippen LogP contribution is 2.28. The van der Waals surface area contributed by atoms with Crippen molar-refractivity contribution in [1.82, 2.24) is 0 Å². The Labute approximate surface area is 94.2 Å². The molecule has 0 aromatic carbocycles. The van der Waals surface area contributed by atoms with Crippen LogP contribution < -0.4 is 0 Å². The summed E-state index contributed by atoms with van der Waals surface area (Å²) in [5, 5.41) is 1.01. The Morgan fingerprint density at radius 1 is 1.00 bits per heavy atom. The highest BCUT2D eigenvalue weighted by atomic mass is 32.2. The van der Waals surface area contributed by atoms with Crippen LogP contribution in [0.4, 0.5) is 0 Å². The van der Waals surface area contributed by atoms with Crippen molar-refractivity contribution >= 4 is 11.8 Å². The van der Waals surface area contributed by atoms with E-state index < -0.39 is 0 Å². The minimum atomic E-state index is 1.01. The van der Waals surface area contributed by atoms with Crippen molar-refractivity contribution in [2.75, 3.05) is 5.75 Å². The molecule has 1 fully saturated rings. The number of thioether (sulfide) groups is 1. The van der Waals surface area contributed by atoms with Crippen molar-refractivity contribution in [3.63, 3.8) is 0 Å². The van der Waals surface area contributed by atoms with E-state index in [2.05, 4.69) is 18.7 Å². The maximum atomic E-state index is 2.29. The first-order chi connectivity index (χ1) is 6.93. The summed E-state index contributed by atoms with van der Waals surface area (Å²) in [5.74, 6) is 1.43. The monoisotopic (exact) mass is 214 g/mol. The lowest BCUT2D eigenvalue weighted by atomic mass is 10.1. The molecule has 14 heavy (non-hydrogen) atoms. The fourth-order valence-corrected chi connectivity index (χ4v) is 3.56. The van der Waals surface area contributed by atoms with Crippen LogP contribution in [0, 0.1) is 0 Å². The van der Waals surface area contributed by atoms with Crippen LogP contribution in [-0.4, -0.2) is 11.0 Å². The number of rotatable bonds is 6. The van der Waals surface area contributed by atoms with E-state index in [1.54, 1.807) is 0 Å². The third kappa shape index (κ3) is 5.95. The zero-order valence-corrected chi connectivity index (χ0v) is 10.6. The molecule has 1 rings (SSSR count). The predicted octanol–water partition coefficient (Wildman–Crippen LogP) is 5.02. The molecule has 84 valence electrons. The summed E-state index contributed by atoms with van der Waals surface area (Å²) < 4.78 is 0. The Kier molecular flexibility index (Phi) is 7.67. The Hall–Kier alpha value is 0.350. The molecule has 0 aromatic rings. The van der Waals surface area contributed by atoms with Crippen LogP contribution in [0.2, 0.25) is 0 Å². The molecule has 0 N–H and O–H groups in total. The first-order valence-electron chi connectivity index (χ1n) is 6.55. The van der Waals surface area contributed by atoms with Crippen LogP contribution in [0.25, 0.3) is 0 Å². The quantitative estimate of drug-likeness (QED) is 0.559. The van der Waals surface area contributed by atoms with E-state index in [0.717, 1.165) is 5.25 Å². The van der Waals surface area contributed by atoms with Gasteiger partial charge in [-0.2, -0.15) is 11.8 Å². The van der Waals surface area contributed by atoms with E-state index in [-0.39, 0.29) is 0 Å². The first kappa shape index (κ1) is 12.4. The van der Waals surface area contributed by atoms with Gasteiger partial charge >= 0.3 is 0 Å². The summed E-state index contributed by atoms with van der Waals surface area (Å²) in [6.07, 6.45) is 14.7. The molecule has 1 aliphatic rings. The van der Waals surface area contributed by atoms with Crippen LogP contribution in [0.3, 0.4) is 0 Å². The van der Waals surface area contributed by atoms with Gasteiger partial charge in [0, 0.05) is 5.25 Å². The topological polar surface area (TPSA) is 0 Å². The first-order valence-corrected chi connectivity index (χ1v) is 7.60. The zero-order valence-electron chi connectivity index (χ0n) is 9.76. The normalized spacial score (nSPS) is 23.4. The average molecular weight is 214 g/mol. The van der Waals surface area contributed by atoms with Gasteiger partial charge in [0.05, 0.1) is 0 Å². The fraction of sp³-hybridized carbons (Fsp3) is 1.00. The van der Waals surface area contributed by atoms with E-state index in [1.807, 2.05) is 0 Å². The van der Waals surface area contributed by atoms with Crippen molar-refractivity contribution in [1.29, 1.82) is 0 Å². The molecule has 1 heteroatoms. The van der Waals surface area contributed by atoms with Gasteiger partial charge in [0.1, 0.15) is 0 Å². The third-order valence-electron chi connectivity index (χ3n) is 3.15. The van der Waals surface area contributed by atoms with Crippen LogP contribution >= 0.6 is 11.8 Å². The Bertz CT molecular complexity index is 114. The molecule has 1 aliphatic heterocycles. The average Bonchev–Trinajstić information content (AvgIpc) is 2.46. The molecule has 1 unspecified atom stereocenters. The lowest BCUT2D eigenvalue weighted by Gasteiger charge is -2.12. The minimum Gasteiger partial charge on any atom is -0.159 e. The molecule has 0 saturated carbocycles. The molecule has 0 aromatic heterocycles. The standard InChI is InChI=1S/C13H26S/c1-2-3-4-5-7-10-13-11-8-6-9-12-14-13/h13H,2-12H2,1H3. The largest absolute Gasteiger partial charge is 0.159 e. The predicted molar refractivity (Wildman–Crippen MR) is 68.1 cm³/mol. The van der Waals surface area contributed by atoms with E-state index in [0.29, 0.717) is 0 Å². The minimum absolute atomic E-state index is 1.01. The molecule has 1 heterocycles. The van der Waals surface area contributed by atoms with Crippen molar-refractivity contribution in [2.45, 2.75) is 76.4 Å². The second-order valence-corrected chi connectivity index (χ2v) is 5.95. The van der Waals surface area contributed by atoms with E-state index in [4.69, 9.17) is 0 Å². The van der Waals surface area contributed by atoms with Crippen molar-refractivity contribution in [2.24, 2.45) is 0 Å². The SMILES string of the molecule is CCCCCCCC1CCCCCS1.